The van der Waals surface area contributed by atoms with Crippen LogP contribution in [0.25, 0.3) is 10.6 Å². The number of nitro benzene ring substituents is 1. The second kappa shape index (κ2) is 5.85. The number of nitrogens with one attached hydrogen (secondary N) is 1. The van der Waals surface area contributed by atoms with Gasteiger partial charge in [0.25, 0.3) is 5.69 Å². The molecule has 6 nitrogen and oxygen atoms in total. The fourth-order valence-corrected chi connectivity index (χ4v) is 2.47. The van der Waals surface area contributed by atoms with Crippen LogP contribution in [0.3, 0.4) is 0 Å². The van der Waals surface area contributed by atoms with Crippen molar-refractivity contribution in [2.45, 2.75) is 20.4 Å². The monoisotopic (exact) mass is 278 g/mol. The number of nitrogens with zero attached hydrogens (tertiary/aromatic N) is 3. The predicted octanol–water partition coefficient (Wildman–Crippen LogP) is 2.53. The molecule has 0 unspecified atom stereocenters. The third kappa shape index (κ3) is 3.12. The van der Waals surface area contributed by atoms with Crippen LogP contribution < -0.4 is 5.32 Å². The largest absolute Gasteiger partial charge is 0.311 e. The average molecular weight is 278 g/mol. The topological polar surface area (TPSA) is 81.0 Å². The van der Waals surface area contributed by atoms with Crippen LogP contribution in [-0.2, 0) is 6.54 Å². The molecular formula is C12H14N4O2S. The molecule has 100 valence electrons. The highest BCUT2D eigenvalue weighted by molar-refractivity contribution is 7.14. The number of aryl methyl sites for hydroxylation is 1. The standard InChI is InChI=1S/C12H14N4O2S/c1-3-13-7-11-14-15-12(19-11)9-4-5-10(16(17)18)8(2)6-9/h4-6,13H,3,7H2,1-2H3. The first-order valence-electron chi connectivity index (χ1n) is 5.90. The Kier molecular flexibility index (Phi) is 4.18. The van der Waals surface area contributed by atoms with Crippen LogP contribution in [0.5, 0.6) is 0 Å². The van der Waals surface area contributed by atoms with Gasteiger partial charge in [0, 0.05) is 23.7 Å². The van der Waals surface area contributed by atoms with E-state index < -0.39 is 0 Å². The summed E-state index contributed by atoms with van der Waals surface area (Å²) in [5.41, 5.74) is 1.62. The van der Waals surface area contributed by atoms with E-state index >= 15 is 0 Å². The lowest BCUT2D eigenvalue weighted by molar-refractivity contribution is -0.385. The number of hydrogen-bond acceptors (Lipinski definition) is 6. The quantitative estimate of drug-likeness (QED) is 0.671. The van der Waals surface area contributed by atoms with E-state index in [0.29, 0.717) is 12.1 Å². The van der Waals surface area contributed by atoms with Crippen molar-refractivity contribution in [3.05, 3.63) is 38.9 Å². The van der Waals surface area contributed by atoms with Gasteiger partial charge in [0.1, 0.15) is 10.0 Å². The molecule has 1 aromatic heterocycles. The van der Waals surface area contributed by atoms with Crippen LogP contribution in [-0.4, -0.2) is 21.7 Å². The maximum Gasteiger partial charge on any atom is 0.272 e. The van der Waals surface area contributed by atoms with Gasteiger partial charge in [0.15, 0.2) is 0 Å². The Balaban J connectivity index is 2.24. The molecule has 0 atom stereocenters. The second-order valence-electron chi connectivity index (χ2n) is 4.04. The van der Waals surface area contributed by atoms with E-state index in [0.717, 1.165) is 22.1 Å². The van der Waals surface area contributed by atoms with E-state index in [1.807, 2.05) is 6.92 Å². The summed E-state index contributed by atoms with van der Waals surface area (Å²) in [5, 5.41) is 23.8. The molecule has 1 aromatic carbocycles. The minimum absolute atomic E-state index is 0.126. The Labute approximate surface area is 114 Å². The van der Waals surface area contributed by atoms with Crippen molar-refractivity contribution in [2.75, 3.05) is 6.54 Å². The summed E-state index contributed by atoms with van der Waals surface area (Å²) in [6.45, 7) is 5.33. The smallest absolute Gasteiger partial charge is 0.272 e. The van der Waals surface area contributed by atoms with E-state index in [1.165, 1.54) is 17.4 Å². The van der Waals surface area contributed by atoms with Crippen LogP contribution >= 0.6 is 11.3 Å². The maximum atomic E-state index is 10.8. The molecule has 0 aliphatic carbocycles. The molecule has 2 aromatic rings. The fourth-order valence-electron chi connectivity index (χ4n) is 1.67. The van der Waals surface area contributed by atoms with Crippen molar-refractivity contribution >= 4 is 17.0 Å². The normalized spacial score (nSPS) is 10.6. The van der Waals surface area contributed by atoms with E-state index in [-0.39, 0.29) is 10.6 Å². The van der Waals surface area contributed by atoms with Crippen molar-refractivity contribution in [1.82, 2.24) is 15.5 Å². The first-order valence-corrected chi connectivity index (χ1v) is 6.72. The van der Waals surface area contributed by atoms with Crippen LogP contribution in [0.4, 0.5) is 5.69 Å². The van der Waals surface area contributed by atoms with Gasteiger partial charge in [-0.2, -0.15) is 0 Å². The predicted molar refractivity (Wildman–Crippen MR) is 74.1 cm³/mol. The molecule has 0 fully saturated rings. The Bertz CT molecular complexity index is 597. The minimum Gasteiger partial charge on any atom is -0.311 e. The lowest BCUT2D eigenvalue weighted by Crippen LogP contribution is -2.11. The van der Waals surface area contributed by atoms with Gasteiger partial charge in [-0.3, -0.25) is 10.1 Å². The number of rotatable bonds is 5. The average Bonchev–Trinajstić information content (AvgIpc) is 2.84. The Morgan fingerprint density at radius 2 is 2.21 bits per heavy atom. The van der Waals surface area contributed by atoms with Gasteiger partial charge in [-0.1, -0.05) is 18.3 Å². The summed E-state index contributed by atoms with van der Waals surface area (Å²) in [6, 6.07) is 4.99. The van der Waals surface area contributed by atoms with Gasteiger partial charge >= 0.3 is 0 Å². The molecule has 0 aliphatic rings. The first-order chi connectivity index (χ1) is 9.11. The molecule has 2 rings (SSSR count). The Morgan fingerprint density at radius 3 is 2.84 bits per heavy atom. The number of aromatic nitrogens is 2. The molecule has 7 heteroatoms. The molecule has 0 saturated carbocycles. The van der Waals surface area contributed by atoms with Crippen LogP contribution in [0.1, 0.15) is 17.5 Å². The summed E-state index contributed by atoms with van der Waals surface area (Å²) in [6.07, 6.45) is 0. The fraction of sp³-hybridized carbons (Fsp3) is 0.333. The van der Waals surface area contributed by atoms with Crippen molar-refractivity contribution in [2.24, 2.45) is 0 Å². The SMILES string of the molecule is CCNCc1nnc(-c2ccc([N+](=O)[O-])c(C)c2)s1. The van der Waals surface area contributed by atoms with Gasteiger partial charge < -0.3 is 5.32 Å². The molecule has 1 heterocycles. The lowest BCUT2D eigenvalue weighted by atomic mass is 10.1. The van der Waals surface area contributed by atoms with Crippen LogP contribution in [0, 0.1) is 17.0 Å². The summed E-state index contributed by atoms with van der Waals surface area (Å²) in [5.74, 6) is 0. The van der Waals surface area contributed by atoms with Crippen LogP contribution in [0.15, 0.2) is 18.2 Å². The highest BCUT2D eigenvalue weighted by Gasteiger charge is 2.13. The molecular weight excluding hydrogens is 264 g/mol. The van der Waals surface area contributed by atoms with Gasteiger partial charge in [-0.05, 0) is 25.6 Å². The summed E-state index contributed by atoms with van der Waals surface area (Å²) in [7, 11) is 0. The van der Waals surface area contributed by atoms with Crippen LogP contribution in [0.2, 0.25) is 0 Å². The summed E-state index contributed by atoms with van der Waals surface area (Å²) < 4.78 is 0. The number of benzene rings is 1. The second-order valence-corrected chi connectivity index (χ2v) is 5.10. The molecule has 0 bridgehead atoms. The number of nitro groups is 1. The van der Waals surface area contributed by atoms with Crippen molar-refractivity contribution in [1.29, 1.82) is 0 Å². The molecule has 0 radical (unpaired) electrons. The van der Waals surface area contributed by atoms with Gasteiger partial charge in [0.2, 0.25) is 0 Å². The van der Waals surface area contributed by atoms with E-state index in [1.54, 1.807) is 19.1 Å². The Morgan fingerprint density at radius 1 is 1.42 bits per heavy atom. The van der Waals surface area contributed by atoms with Crippen molar-refractivity contribution in [3.63, 3.8) is 0 Å². The summed E-state index contributed by atoms with van der Waals surface area (Å²) >= 11 is 1.49. The third-order valence-electron chi connectivity index (χ3n) is 2.63. The highest BCUT2D eigenvalue weighted by atomic mass is 32.1. The minimum atomic E-state index is -0.379. The zero-order valence-corrected chi connectivity index (χ0v) is 11.5. The lowest BCUT2D eigenvalue weighted by Gasteiger charge is -1.99. The molecule has 0 amide bonds. The zero-order chi connectivity index (χ0) is 13.8. The third-order valence-corrected chi connectivity index (χ3v) is 3.61. The highest BCUT2D eigenvalue weighted by Crippen LogP contribution is 2.28. The first kappa shape index (κ1) is 13.6. The summed E-state index contributed by atoms with van der Waals surface area (Å²) in [4.78, 5) is 10.4. The molecule has 1 N–H and O–H groups in total. The van der Waals surface area contributed by atoms with E-state index in [9.17, 15) is 10.1 Å². The van der Waals surface area contributed by atoms with E-state index in [2.05, 4.69) is 15.5 Å². The maximum absolute atomic E-state index is 10.8. The van der Waals surface area contributed by atoms with Gasteiger partial charge in [0.05, 0.1) is 4.92 Å². The van der Waals surface area contributed by atoms with Crippen molar-refractivity contribution < 1.29 is 4.92 Å². The molecule has 0 saturated heterocycles. The zero-order valence-electron chi connectivity index (χ0n) is 10.7. The van der Waals surface area contributed by atoms with Gasteiger partial charge in [-0.15, -0.1) is 10.2 Å². The molecule has 19 heavy (non-hydrogen) atoms. The number of hydrogen-bond donors (Lipinski definition) is 1. The van der Waals surface area contributed by atoms with Gasteiger partial charge in [-0.25, -0.2) is 0 Å². The van der Waals surface area contributed by atoms with E-state index in [4.69, 9.17) is 0 Å². The van der Waals surface area contributed by atoms with Crippen molar-refractivity contribution in [3.8, 4) is 10.6 Å². The molecule has 0 aliphatic heterocycles. The Hall–Kier alpha value is -1.86. The molecule has 0 spiro atoms.